The number of rotatable bonds is 4. The minimum atomic E-state index is -0.368. The van der Waals surface area contributed by atoms with E-state index in [4.69, 9.17) is 4.74 Å². The van der Waals surface area contributed by atoms with Gasteiger partial charge in [-0.05, 0) is 49.2 Å². The Morgan fingerprint density at radius 3 is 2.37 bits per heavy atom. The van der Waals surface area contributed by atoms with Crippen LogP contribution < -0.4 is 4.74 Å². The van der Waals surface area contributed by atoms with Crippen LogP contribution in [-0.4, -0.2) is 54.4 Å². The summed E-state index contributed by atoms with van der Waals surface area (Å²) in [6, 6.07) is 13.1. The fraction of sp³-hybridized carbons (Fsp3) is 0.333. The highest BCUT2D eigenvalue weighted by Gasteiger charge is 2.23. The Labute approximate surface area is 158 Å². The first-order chi connectivity index (χ1) is 13.0. The van der Waals surface area contributed by atoms with Gasteiger partial charge < -0.3 is 14.5 Å². The number of aryl methyl sites for hydroxylation is 1. The van der Waals surface area contributed by atoms with Gasteiger partial charge in [0.05, 0.1) is 0 Å². The van der Waals surface area contributed by atoms with E-state index in [1.165, 1.54) is 24.3 Å². The molecule has 1 saturated heterocycles. The van der Waals surface area contributed by atoms with Crippen molar-refractivity contribution in [1.29, 1.82) is 0 Å². The molecule has 0 aromatic heterocycles. The van der Waals surface area contributed by atoms with Crippen LogP contribution in [0, 0.1) is 12.7 Å². The predicted octanol–water partition coefficient (Wildman–Crippen LogP) is 2.89. The molecule has 2 amide bonds. The molecule has 0 radical (unpaired) electrons. The molecule has 0 saturated carbocycles. The number of carbonyl (C=O) groups excluding carboxylic acids is 2. The Hall–Kier alpha value is -2.89. The molecule has 2 aromatic rings. The van der Waals surface area contributed by atoms with Gasteiger partial charge in [-0.2, -0.15) is 0 Å². The first-order valence-electron chi connectivity index (χ1n) is 9.05. The molecular formula is C21H23FN2O3. The number of nitrogens with zero attached hydrogens (tertiary/aromatic N) is 2. The summed E-state index contributed by atoms with van der Waals surface area (Å²) in [6.07, 6.45) is 0.697. The van der Waals surface area contributed by atoms with Crippen LogP contribution in [0.3, 0.4) is 0 Å². The van der Waals surface area contributed by atoms with Gasteiger partial charge in [-0.3, -0.25) is 9.59 Å². The smallest absolute Gasteiger partial charge is 0.260 e. The number of hydrogen-bond acceptors (Lipinski definition) is 3. The predicted molar refractivity (Wildman–Crippen MR) is 100 cm³/mol. The van der Waals surface area contributed by atoms with Gasteiger partial charge in [0.25, 0.3) is 11.8 Å². The normalized spacial score (nSPS) is 14.6. The second kappa shape index (κ2) is 8.66. The summed E-state index contributed by atoms with van der Waals surface area (Å²) in [4.78, 5) is 28.5. The Morgan fingerprint density at radius 2 is 1.63 bits per heavy atom. The molecule has 0 atom stereocenters. The van der Waals surface area contributed by atoms with E-state index in [0.29, 0.717) is 43.9 Å². The minimum Gasteiger partial charge on any atom is -0.484 e. The molecule has 0 unspecified atom stereocenters. The van der Waals surface area contributed by atoms with Crippen LogP contribution in [0.25, 0.3) is 0 Å². The maximum atomic E-state index is 13.0. The molecular weight excluding hydrogens is 347 g/mol. The van der Waals surface area contributed by atoms with E-state index in [0.717, 1.165) is 5.56 Å². The monoisotopic (exact) mass is 370 g/mol. The fourth-order valence-electron chi connectivity index (χ4n) is 3.09. The van der Waals surface area contributed by atoms with Crippen molar-refractivity contribution < 1.29 is 18.7 Å². The fourth-order valence-corrected chi connectivity index (χ4v) is 3.09. The minimum absolute atomic E-state index is 0.0171. The summed E-state index contributed by atoms with van der Waals surface area (Å²) in [6.45, 7) is 3.98. The zero-order chi connectivity index (χ0) is 19.2. The zero-order valence-electron chi connectivity index (χ0n) is 15.4. The lowest BCUT2D eigenvalue weighted by Gasteiger charge is -2.22. The second-order valence-electron chi connectivity index (χ2n) is 6.59. The van der Waals surface area contributed by atoms with Crippen molar-refractivity contribution in [1.82, 2.24) is 9.80 Å². The summed E-state index contributed by atoms with van der Waals surface area (Å²) in [5.74, 6) is 0.108. The molecule has 0 aliphatic carbocycles. The van der Waals surface area contributed by atoms with Crippen molar-refractivity contribution in [2.45, 2.75) is 13.3 Å². The van der Waals surface area contributed by atoms with Crippen molar-refractivity contribution in [2.24, 2.45) is 0 Å². The number of ether oxygens (including phenoxy) is 1. The molecule has 1 aliphatic heterocycles. The van der Waals surface area contributed by atoms with E-state index in [1.807, 2.05) is 31.2 Å². The highest BCUT2D eigenvalue weighted by atomic mass is 19.1. The van der Waals surface area contributed by atoms with Gasteiger partial charge in [-0.15, -0.1) is 0 Å². The van der Waals surface area contributed by atoms with Crippen molar-refractivity contribution in [3.8, 4) is 5.75 Å². The van der Waals surface area contributed by atoms with Crippen molar-refractivity contribution in [2.75, 3.05) is 32.8 Å². The quantitative estimate of drug-likeness (QED) is 0.832. The lowest BCUT2D eigenvalue weighted by Crippen LogP contribution is -2.39. The number of hydrogen-bond donors (Lipinski definition) is 0. The molecule has 1 heterocycles. The van der Waals surface area contributed by atoms with Crippen molar-refractivity contribution in [3.63, 3.8) is 0 Å². The second-order valence-corrected chi connectivity index (χ2v) is 6.59. The lowest BCUT2D eigenvalue weighted by atomic mass is 10.2. The van der Waals surface area contributed by atoms with Gasteiger partial charge >= 0.3 is 0 Å². The summed E-state index contributed by atoms with van der Waals surface area (Å²) in [7, 11) is 0. The van der Waals surface area contributed by atoms with Crippen LogP contribution in [0.5, 0.6) is 5.75 Å². The van der Waals surface area contributed by atoms with E-state index in [-0.39, 0.29) is 24.2 Å². The topological polar surface area (TPSA) is 49.9 Å². The maximum Gasteiger partial charge on any atom is 0.260 e. The molecule has 5 nitrogen and oxygen atoms in total. The van der Waals surface area contributed by atoms with Crippen molar-refractivity contribution in [3.05, 3.63) is 65.5 Å². The number of para-hydroxylation sites is 1. The first-order valence-corrected chi connectivity index (χ1v) is 9.05. The van der Waals surface area contributed by atoms with Crippen LogP contribution in [0.2, 0.25) is 0 Å². The summed E-state index contributed by atoms with van der Waals surface area (Å²) in [5.41, 5.74) is 1.44. The third-order valence-electron chi connectivity index (χ3n) is 4.67. The highest BCUT2D eigenvalue weighted by molar-refractivity contribution is 5.94. The Bertz CT molecular complexity index is 807. The third-order valence-corrected chi connectivity index (χ3v) is 4.67. The summed E-state index contributed by atoms with van der Waals surface area (Å²) in [5, 5.41) is 0. The molecule has 6 heteroatoms. The molecule has 1 fully saturated rings. The zero-order valence-corrected chi connectivity index (χ0v) is 15.4. The van der Waals surface area contributed by atoms with Crippen LogP contribution in [0.15, 0.2) is 48.5 Å². The van der Waals surface area contributed by atoms with Crippen LogP contribution in [0.4, 0.5) is 4.39 Å². The van der Waals surface area contributed by atoms with Gasteiger partial charge in [0.2, 0.25) is 0 Å². The highest BCUT2D eigenvalue weighted by Crippen LogP contribution is 2.16. The maximum absolute atomic E-state index is 13.0. The molecule has 142 valence electrons. The van der Waals surface area contributed by atoms with Gasteiger partial charge in [0.15, 0.2) is 6.61 Å². The van der Waals surface area contributed by atoms with Gasteiger partial charge in [0, 0.05) is 31.7 Å². The van der Waals surface area contributed by atoms with E-state index in [2.05, 4.69) is 0 Å². The third kappa shape index (κ3) is 4.84. The van der Waals surface area contributed by atoms with Crippen LogP contribution in [-0.2, 0) is 4.79 Å². The SMILES string of the molecule is Cc1ccccc1OCC(=O)N1CCCN(C(=O)c2ccc(F)cc2)CC1. The Kier molecular flexibility index (Phi) is 6.06. The largest absolute Gasteiger partial charge is 0.484 e. The van der Waals surface area contributed by atoms with Gasteiger partial charge in [0.1, 0.15) is 11.6 Å². The number of halogens is 1. The van der Waals surface area contributed by atoms with Crippen LogP contribution in [0.1, 0.15) is 22.3 Å². The van der Waals surface area contributed by atoms with Gasteiger partial charge in [-0.25, -0.2) is 4.39 Å². The molecule has 1 aliphatic rings. The number of amides is 2. The van der Waals surface area contributed by atoms with Crippen LogP contribution >= 0.6 is 0 Å². The Balaban J connectivity index is 1.54. The summed E-state index contributed by atoms with van der Waals surface area (Å²) < 4.78 is 18.7. The molecule has 3 rings (SSSR count). The van der Waals surface area contributed by atoms with E-state index >= 15 is 0 Å². The standard InChI is InChI=1S/C21H23FN2O3/c1-16-5-2-3-6-19(16)27-15-20(25)23-11-4-12-24(14-13-23)21(26)17-7-9-18(22)10-8-17/h2-3,5-10H,4,11-15H2,1H3. The lowest BCUT2D eigenvalue weighted by molar-refractivity contribution is -0.133. The van der Waals surface area contributed by atoms with Crippen molar-refractivity contribution >= 4 is 11.8 Å². The summed E-state index contributed by atoms with van der Waals surface area (Å²) >= 11 is 0. The van der Waals surface area contributed by atoms with E-state index in [1.54, 1.807) is 9.80 Å². The molecule has 0 bridgehead atoms. The van der Waals surface area contributed by atoms with E-state index < -0.39 is 0 Å². The molecule has 27 heavy (non-hydrogen) atoms. The Morgan fingerprint density at radius 1 is 0.963 bits per heavy atom. The van der Waals surface area contributed by atoms with E-state index in [9.17, 15) is 14.0 Å². The first kappa shape index (κ1) is 18.9. The number of carbonyl (C=O) groups is 2. The average molecular weight is 370 g/mol. The molecule has 2 aromatic carbocycles. The molecule has 0 N–H and O–H groups in total. The molecule has 0 spiro atoms. The number of benzene rings is 2. The van der Waals surface area contributed by atoms with Gasteiger partial charge in [-0.1, -0.05) is 18.2 Å². The average Bonchev–Trinajstić information content (AvgIpc) is 2.93.